The highest BCUT2D eigenvalue weighted by Gasteiger charge is 2.08. The zero-order valence-electron chi connectivity index (χ0n) is 13.5. The molecule has 0 aliphatic rings. The summed E-state index contributed by atoms with van der Waals surface area (Å²) in [6.07, 6.45) is 1.76. The summed E-state index contributed by atoms with van der Waals surface area (Å²) in [5.74, 6) is 0.228. The molecule has 0 bridgehead atoms. The molecule has 3 aromatic rings. The first kappa shape index (κ1) is 15.7. The van der Waals surface area contributed by atoms with Crippen LogP contribution >= 0.6 is 0 Å². The van der Waals surface area contributed by atoms with Crippen molar-refractivity contribution in [3.05, 3.63) is 100.0 Å². The molecule has 0 fully saturated rings. The van der Waals surface area contributed by atoms with Gasteiger partial charge in [-0.3, -0.25) is 4.79 Å². The van der Waals surface area contributed by atoms with Crippen LogP contribution in [0.15, 0.2) is 82.7 Å². The van der Waals surface area contributed by atoms with Gasteiger partial charge in [0.25, 0.3) is 5.56 Å². The number of nitrogens with two attached hydrogens (primary N) is 1. The minimum atomic E-state index is -0.144. The summed E-state index contributed by atoms with van der Waals surface area (Å²) in [4.78, 5) is 17.0. The van der Waals surface area contributed by atoms with Gasteiger partial charge in [-0.2, -0.15) is 0 Å². The van der Waals surface area contributed by atoms with Crippen LogP contribution in [0.25, 0.3) is 0 Å². The number of nitrogens with zero attached hydrogens (tertiary/aromatic N) is 2. The summed E-state index contributed by atoms with van der Waals surface area (Å²) in [7, 11) is 0. The highest BCUT2D eigenvalue weighted by Crippen LogP contribution is 2.13. The number of aromatic nitrogens is 1. The lowest BCUT2D eigenvalue weighted by atomic mass is 10.2. The van der Waals surface area contributed by atoms with E-state index in [1.807, 2.05) is 67.6 Å². The van der Waals surface area contributed by atoms with E-state index in [-0.39, 0.29) is 11.4 Å². The van der Waals surface area contributed by atoms with Gasteiger partial charge < -0.3 is 10.3 Å². The number of benzene rings is 2. The fourth-order valence-electron chi connectivity index (χ4n) is 2.46. The maximum absolute atomic E-state index is 12.7. The van der Waals surface area contributed by atoms with Gasteiger partial charge in [0, 0.05) is 6.20 Å². The molecule has 0 amide bonds. The van der Waals surface area contributed by atoms with E-state index in [1.54, 1.807) is 16.8 Å². The van der Waals surface area contributed by atoms with Gasteiger partial charge in [0.15, 0.2) is 0 Å². The predicted octanol–water partition coefficient (Wildman–Crippen LogP) is 3.24. The van der Waals surface area contributed by atoms with Gasteiger partial charge in [-0.25, -0.2) is 4.99 Å². The average molecular weight is 317 g/mol. The third-order valence-electron chi connectivity index (χ3n) is 3.78. The first-order valence-electron chi connectivity index (χ1n) is 7.78. The molecule has 0 spiro atoms. The zero-order chi connectivity index (χ0) is 16.9. The van der Waals surface area contributed by atoms with Crippen LogP contribution in [0.3, 0.4) is 0 Å². The van der Waals surface area contributed by atoms with Crippen molar-refractivity contribution >= 4 is 11.5 Å². The molecule has 4 nitrogen and oxygen atoms in total. The molecule has 1 heterocycles. The second-order valence-electron chi connectivity index (χ2n) is 5.67. The summed E-state index contributed by atoms with van der Waals surface area (Å²) in [6.45, 7) is 2.52. The van der Waals surface area contributed by atoms with E-state index in [1.165, 1.54) is 0 Å². The first-order chi connectivity index (χ1) is 11.6. The van der Waals surface area contributed by atoms with Crippen molar-refractivity contribution in [2.75, 3.05) is 0 Å². The number of rotatable bonds is 4. The van der Waals surface area contributed by atoms with Crippen molar-refractivity contribution in [3.8, 4) is 0 Å². The molecule has 24 heavy (non-hydrogen) atoms. The standard InChI is InChI=1S/C20H19N3O/c1-15-9-11-17(12-10-15)22-19(21)18-8-5-13-23(20(18)24)14-16-6-3-2-4-7-16/h2-13H,14H2,1H3,(H2,21,22). The molecule has 3 rings (SSSR count). The van der Waals surface area contributed by atoms with E-state index >= 15 is 0 Å². The Morgan fingerprint density at radius 3 is 2.42 bits per heavy atom. The van der Waals surface area contributed by atoms with Crippen LogP contribution in [0, 0.1) is 6.92 Å². The molecule has 4 heteroatoms. The topological polar surface area (TPSA) is 60.4 Å². The summed E-state index contributed by atoms with van der Waals surface area (Å²) < 4.78 is 1.64. The Hall–Kier alpha value is -3.14. The second kappa shape index (κ2) is 6.96. The van der Waals surface area contributed by atoms with E-state index in [0.717, 1.165) is 16.8 Å². The Morgan fingerprint density at radius 2 is 1.71 bits per heavy atom. The fourth-order valence-corrected chi connectivity index (χ4v) is 2.46. The summed E-state index contributed by atoms with van der Waals surface area (Å²) >= 11 is 0. The molecule has 0 aliphatic carbocycles. The Morgan fingerprint density at radius 1 is 1.00 bits per heavy atom. The molecule has 1 aromatic heterocycles. The average Bonchev–Trinajstić information content (AvgIpc) is 2.60. The van der Waals surface area contributed by atoms with Gasteiger partial charge in [0.2, 0.25) is 0 Å². The highest BCUT2D eigenvalue weighted by atomic mass is 16.1. The molecule has 0 saturated heterocycles. The Bertz CT molecular complexity index is 910. The summed E-state index contributed by atoms with van der Waals surface area (Å²) in [5.41, 5.74) is 9.28. The van der Waals surface area contributed by atoms with Crippen LogP contribution in [0.2, 0.25) is 0 Å². The SMILES string of the molecule is Cc1ccc(N=C(N)c2cccn(Cc3ccccc3)c2=O)cc1. The minimum absolute atomic E-state index is 0.144. The van der Waals surface area contributed by atoms with Crippen LogP contribution in [0.1, 0.15) is 16.7 Å². The van der Waals surface area contributed by atoms with Crippen molar-refractivity contribution in [1.29, 1.82) is 0 Å². The van der Waals surface area contributed by atoms with Gasteiger partial charge in [-0.1, -0.05) is 48.0 Å². The number of hydrogen-bond acceptors (Lipinski definition) is 2. The van der Waals surface area contributed by atoms with Gasteiger partial charge in [0.05, 0.1) is 17.8 Å². The van der Waals surface area contributed by atoms with Crippen LogP contribution < -0.4 is 11.3 Å². The van der Waals surface area contributed by atoms with Crippen molar-refractivity contribution in [3.63, 3.8) is 0 Å². The number of aryl methyl sites for hydroxylation is 1. The molecule has 120 valence electrons. The normalized spacial score (nSPS) is 11.5. The molecule has 0 radical (unpaired) electrons. The van der Waals surface area contributed by atoms with E-state index in [9.17, 15) is 4.79 Å². The van der Waals surface area contributed by atoms with Gasteiger partial charge in [0.1, 0.15) is 5.84 Å². The van der Waals surface area contributed by atoms with E-state index < -0.39 is 0 Å². The number of aliphatic imine (C=N–C) groups is 1. The number of amidine groups is 1. The van der Waals surface area contributed by atoms with Crippen molar-refractivity contribution in [2.24, 2.45) is 10.7 Å². The van der Waals surface area contributed by atoms with Crippen molar-refractivity contribution < 1.29 is 0 Å². The Labute approximate surface area is 140 Å². The van der Waals surface area contributed by atoms with Crippen LogP contribution in [0.5, 0.6) is 0 Å². The molecule has 0 aliphatic heterocycles. The van der Waals surface area contributed by atoms with Crippen LogP contribution in [-0.4, -0.2) is 10.4 Å². The summed E-state index contributed by atoms with van der Waals surface area (Å²) in [6, 6.07) is 21.1. The smallest absolute Gasteiger partial charge is 0.261 e. The maximum atomic E-state index is 12.7. The molecular formula is C20H19N3O. The third-order valence-corrected chi connectivity index (χ3v) is 3.78. The van der Waals surface area contributed by atoms with E-state index in [4.69, 9.17) is 5.73 Å². The number of hydrogen-bond donors (Lipinski definition) is 1. The predicted molar refractivity (Wildman–Crippen MR) is 97.8 cm³/mol. The summed E-state index contributed by atoms with van der Waals surface area (Å²) in [5, 5.41) is 0. The zero-order valence-corrected chi connectivity index (χ0v) is 13.5. The second-order valence-corrected chi connectivity index (χ2v) is 5.67. The largest absolute Gasteiger partial charge is 0.383 e. The van der Waals surface area contributed by atoms with Crippen LogP contribution in [-0.2, 0) is 6.54 Å². The monoisotopic (exact) mass is 317 g/mol. The minimum Gasteiger partial charge on any atom is -0.383 e. The highest BCUT2D eigenvalue weighted by molar-refractivity contribution is 5.98. The first-order valence-corrected chi connectivity index (χ1v) is 7.78. The fraction of sp³-hybridized carbons (Fsp3) is 0.100. The molecule has 0 unspecified atom stereocenters. The molecule has 2 aromatic carbocycles. The van der Waals surface area contributed by atoms with Gasteiger partial charge in [-0.15, -0.1) is 0 Å². The van der Waals surface area contributed by atoms with Gasteiger partial charge >= 0.3 is 0 Å². The quantitative estimate of drug-likeness (QED) is 0.593. The third kappa shape index (κ3) is 3.60. The van der Waals surface area contributed by atoms with Crippen LogP contribution in [0.4, 0.5) is 5.69 Å². The number of pyridine rings is 1. The van der Waals surface area contributed by atoms with E-state index in [0.29, 0.717) is 12.1 Å². The molecular weight excluding hydrogens is 298 g/mol. The maximum Gasteiger partial charge on any atom is 0.261 e. The lowest BCUT2D eigenvalue weighted by molar-refractivity contribution is 0.757. The molecule has 0 atom stereocenters. The lowest BCUT2D eigenvalue weighted by Gasteiger charge is -2.08. The molecule has 0 saturated carbocycles. The van der Waals surface area contributed by atoms with E-state index in [2.05, 4.69) is 4.99 Å². The van der Waals surface area contributed by atoms with Crippen molar-refractivity contribution in [1.82, 2.24) is 4.57 Å². The van der Waals surface area contributed by atoms with Crippen molar-refractivity contribution in [2.45, 2.75) is 13.5 Å². The Balaban J connectivity index is 1.92. The lowest BCUT2D eigenvalue weighted by Crippen LogP contribution is -2.29. The Kier molecular flexibility index (Phi) is 4.57. The molecule has 2 N–H and O–H groups in total. The van der Waals surface area contributed by atoms with Gasteiger partial charge in [-0.05, 0) is 36.8 Å².